The third-order valence-electron chi connectivity index (χ3n) is 7.24. The molecule has 2 aliphatic heterocycles. The molecule has 2 aliphatic rings. The Hall–Kier alpha value is -3.59. The molecule has 9 nitrogen and oxygen atoms in total. The van der Waals surface area contributed by atoms with E-state index in [4.69, 9.17) is 14.2 Å². The number of carbonyl (C=O) groups excluding carboxylic acids is 1. The molecule has 1 aromatic carbocycles. The summed E-state index contributed by atoms with van der Waals surface area (Å²) in [6.07, 6.45) is 4.90. The molecule has 0 aliphatic carbocycles. The monoisotopic (exact) mass is 520 g/mol. The summed E-state index contributed by atoms with van der Waals surface area (Å²) >= 11 is 0. The first-order valence-electron chi connectivity index (χ1n) is 13.3. The number of amides is 1. The smallest absolute Gasteiger partial charge is 0.410 e. The molecule has 0 bridgehead atoms. The van der Waals surface area contributed by atoms with E-state index >= 15 is 0 Å². The molecule has 2 aromatic heterocycles. The maximum absolute atomic E-state index is 13.3. The Kier molecular flexibility index (Phi) is 7.56. The second-order valence-corrected chi connectivity index (χ2v) is 10.9. The maximum atomic E-state index is 13.3. The topological polar surface area (TPSA) is 86.1 Å². The molecule has 38 heavy (non-hydrogen) atoms. The van der Waals surface area contributed by atoms with Crippen LogP contribution in [0.2, 0.25) is 0 Å². The van der Waals surface area contributed by atoms with Crippen LogP contribution in [0.1, 0.15) is 39.2 Å². The highest BCUT2D eigenvalue weighted by Crippen LogP contribution is 2.31. The Morgan fingerprint density at radius 3 is 2.58 bits per heavy atom. The number of likely N-dealkylation sites (tertiary alicyclic amines) is 1. The van der Waals surface area contributed by atoms with Crippen LogP contribution in [-0.4, -0.2) is 69.9 Å². The van der Waals surface area contributed by atoms with Gasteiger partial charge in [0.25, 0.3) is 5.56 Å². The zero-order valence-electron chi connectivity index (χ0n) is 22.4. The number of fused-ring (bicyclic) bond motifs is 2. The lowest BCUT2D eigenvalue weighted by atomic mass is 9.97. The molecule has 1 saturated heterocycles. The summed E-state index contributed by atoms with van der Waals surface area (Å²) in [6, 6.07) is 11.0. The Morgan fingerprint density at radius 1 is 1.05 bits per heavy atom. The number of ether oxygens (including phenoxy) is 3. The number of benzene rings is 1. The Labute approximate surface area is 222 Å². The van der Waals surface area contributed by atoms with Crippen LogP contribution in [0.3, 0.4) is 0 Å². The summed E-state index contributed by atoms with van der Waals surface area (Å²) < 4.78 is 18.8. The first-order chi connectivity index (χ1) is 18.3. The van der Waals surface area contributed by atoms with Gasteiger partial charge in [-0.3, -0.25) is 9.78 Å². The predicted molar refractivity (Wildman–Crippen MR) is 145 cm³/mol. The van der Waals surface area contributed by atoms with Crippen LogP contribution in [-0.2, 0) is 17.9 Å². The van der Waals surface area contributed by atoms with E-state index in [2.05, 4.69) is 9.88 Å². The van der Waals surface area contributed by atoms with Crippen LogP contribution in [0, 0.1) is 0 Å². The van der Waals surface area contributed by atoms with Crippen molar-refractivity contribution >= 4 is 17.0 Å². The van der Waals surface area contributed by atoms with Gasteiger partial charge in [-0.2, -0.15) is 0 Å². The number of rotatable bonds is 6. The number of aromatic nitrogens is 2. The van der Waals surface area contributed by atoms with E-state index in [1.807, 2.05) is 60.6 Å². The molecule has 0 N–H and O–H groups in total. The molecule has 9 heteroatoms. The normalized spacial score (nSPS) is 16.4. The first kappa shape index (κ1) is 26.0. The van der Waals surface area contributed by atoms with Gasteiger partial charge in [0.1, 0.15) is 19.8 Å². The maximum Gasteiger partial charge on any atom is 0.410 e. The molecular formula is C29H36N4O5. The van der Waals surface area contributed by atoms with Gasteiger partial charge in [-0.15, -0.1) is 0 Å². The van der Waals surface area contributed by atoms with Gasteiger partial charge in [0, 0.05) is 61.6 Å². The summed E-state index contributed by atoms with van der Waals surface area (Å²) in [6.45, 7) is 10.5. The average molecular weight is 521 g/mol. The summed E-state index contributed by atoms with van der Waals surface area (Å²) in [5, 5.41) is 0.960. The number of hydrogen-bond donors (Lipinski definition) is 0. The van der Waals surface area contributed by atoms with E-state index in [0.29, 0.717) is 25.5 Å². The van der Waals surface area contributed by atoms with Crippen molar-refractivity contribution in [2.45, 2.75) is 58.3 Å². The van der Waals surface area contributed by atoms with Crippen LogP contribution in [0.15, 0.2) is 53.6 Å². The molecule has 1 fully saturated rings. The van der Waals surface area contributed by atoms with E-state index in [1.165, 1.54) is 0 Å². The number of nitrogens with zero attached hydrogens (tertiary/aromatic N) is 4. The van der Waals surface area contributed by atoms with Crippen LogP contribution < -0.4 is 15.0 Å². The third kappa shape index (κ3) is 5.78. The minimum atomic E-state index is -0.374. The van der Waals surface area contributed by atoms with Crippen molar-refractivity contribution in [2.75, 3.05) is 32.8 Å². The lowest BCUT2D eigenvalue weighted by molar-refractivity contribution is 0.0196. The second kappa shape index (κ2) is 11.0. The quantitative estimate of drug-likeness (QED) is 0.484. The molecule has 3 aromatic rings. The fourth-order valence-electron chi connectivity index (χ4n) is 5.38. The standard InChI is InChI=1S/C29H36N4O5/c1-29(2,3)33(28(35)38-20-21-4-6-25-26(18-21)37-17-16-36-25)23-9-12-31(13-10-23)14-15-32-24-8-11-30-19-22(24)5-7-27(32)34/h4-8,11,18-19,23H,9-10,12-17,20H2,1-3H3. The molecule has 4 heterocycles. The Balaban J connectivity index is 1.18. The van der Waals surface area contributed by atoms with E-state index in [9.17, 15) is 9.59 Å². The average Bonchev–Trinajstić information content (AvgIpc) is 2.91. The van der Waals surface area contributed by atoms with Gasteiger partial charge < -0.3 is 28.6 Å². The SMILES string of the molecule is CC(C)(C)N(C(=O)OCc1ccc2c(c1)OCCO2)C1CCN(CCn2c(=O)ccc3cnccc32)CC1. The number of piperidine rings is 1. The van der Waals surface area contributed by atoms with Gasteiger partial charge in [-0.25, -0.2) is 4.79 Å². The van der Waals surface area contributed by atoms with E-state index in [1.54, 1.807) is 18.5 Å². The number of hydrogen-bond acceptors (Lipinski definition) is 7. The molecule has 0 unspecified atom stereocenters. The zero-order valence-corrected chi connectivity index (χ0v) is 22.4. The Bertz CT molecular complexity index is 1340. The minimum Gasteiger partial charge on any atom is -0.486 e. The molecule has 0 atom stereocenters. The van der Waals surface area contributed by atoms with E-state index in [0.717, 1.165) is 54.7 Å². The Morgan fingerprint density at radius 2 is 1.82 bits per heavy atom. The predicted octanol–water partition coefficient (Wildman–Crippen LogP) is 4.07. The van der Waals surface area contributed by atoms with Crippen LogP contribution >= 0.6 is 0 Å². The molecule has 202 valence electrons. The highest BCUT2D eigenvalue weighted by Gasteiger charge is 2.36. The molecule has 1 amide bonds. The largest absolute Gasteiger partial charge is 0.486 e. The highest BCUT2D eigenvalue weighted by atomic mass is 16.6. The van der Waals surface area contributed by atoms with Crippen molar-refractivity contribution in [2.24, 2.45) is 0 Å². The van der Waals surface area contributed by atoms with Gasteiger partial charge in [0.05, 0.1) is 5.52 Å². The number of pyridine rings is 2. The number of carbonyl (C=O) groups is 1. The molecule has 0 spiro atoms. The van der Waals surface area contributed by atoms with Gasteiger partial charge >= 0.3 is 6.09 Å². The van der Waals surface area contributed by atoms with Gasteiger partial charge in [0.15, 0.2) is 11.5 Å². The molecular weight excluding hydrogens is 484 g/mol. The summed E-state index contributed by atoms with van der Waals surface area (Å²) in [4.78, 5) is 34.2. The fraction of sp³-hybridized carbons (Fsp3) is 0.483. The van der Waals surface area contributed by atoms with Crippen molar-refractivity contribution < 1.29 is 19.0 Å². The van der Waals surface area contributed by atoms with Gasteiger partial charge in [-0.1, -0.05) is 6.07 Å². The summed E-state index contributed by atoms with van der Waals surface area (Å²) in [5.74, 6) is 1.41. The van der Waals surface area contributed by atoms with Gasteiger partial charge in [-0.05, 0) is 63.4 Å². The van der Waals surface area contributed by atoms with E-state index < -0.39 is 0 Å². The molecule has 0 saturated carbocycles. The molecule has 0 radical (unpaired) electrons. The minimum absolute atomic E-state index is 0.00162. The fourth-order valence-corrected chi connectivity index (χ4v) is 5.38. The lowest BCUT2D eigenvalue weighted by Gasteiger charge is -2.44. The van der Waals surface area contributed by atoms with Crippen molar-refractivity contribution in [3.63, 3.8) is 0 Å². The van der Waals surface area contributed by atoms with E-state index in [-0.39, 0.29) is 29.8 Å². The van der Waals surface area contributed by atoms with Crippen molar-refractivity contribution in [3.8, 4) is 11.5 Å². The zero-order chi connectivity index (χ0) is 26.7. The summed E-state index contributed by atoms with van der Waals surface area (Å²) in [5.41, 5.74) is 1.40. The lowest BCUT2D eigenvalue weighted by Crippen LogP contribution is -2.55. The van der Waals surface area contributed by atoms with Crippen molar-refractivity contribution in [1.29, 1.82) is 0 Å². The highest BCUT2D eigenvalue weighted by molar-refractivity contribution is 5.77. The van der Waals surface area contributed by atoms with Crippen LogP contribution in [0.25, 0.3) is 10.9 Å². The van der Waals surface area contributed by atoms with Crippen molar-refractivity contribution in [1.82, 2.24) is 19.4 Å². The molecule has 5 rings (SSSR count). The van der Waals surface area contributed by atoms with Crippen LogP contribution in [0.4, 0.5) is 4.79 Å². The van der Waals surface area contributed by atoms with Gasteiger partial charge in [0.2, 0.25) is 0 Å². The second-order valence-electron chi connectivity index (χ2n) is 10.9. The van der Waals surface area contributed by atoms with Crippen molar-refractivity contribution in [3.05, 3.63) is 64.7 Å². The first-order valence-corrected chi connectivity index (χ1v) is 13.3. The third-order valence-corrected chi connectivity index (χ3v) is 7.24. The van der Waals surface area contributed by atoms with Crippen LogP contribution in [0.5, 0.6) is 11.5 Å². The summed E-state index contributed by atoms with van der Waals surface area (Å²) in [7, 11) is 0.